The first-order valence-electron chi connectivity index (χ1n) is 9.70. The van der Waals surface area contributed by atoms with Crippen LogP contribution in [0.2, 0.25) is 0 Å². The van der Waals surface area contributed by atoms with Crippen LogP contribution in [-0.2, 0) is 24.3 Å². The molecule has 7 heteroatoms. The SMILES string of the molecule is O=C(C1CC1)N1CCC[C@H](Cn2cnc3sc4c(c3c2=O)CCNC4)C1. The summed E-state index contributed by atoms with van der Waals surface area (Å²) in [5.74, 6) is 0.954. The molecule has 4 heterocycles. The maximum Gasteiger partial charge on any atom is 0.262 e. The number of nitrogens with zero attached hydrogens (tertiary/aromatic N) is 3. The summed E-state index contributed by atoms with van der Waals surface area (Å²) < 4.78 is 1.78. The standard InChI is InChI=1S/C19H24N4O2S/c24-18(13-3-4-13)22-7-1-2-12(9-22)10-23-11-21-17-16(19(23)25)14-5-6-20-8-15(14)26-17/h11-13,20H,1-10H2/t12-/m0/s1. The summed E-state index contributed by atoms with van der Waals surface area (Å²) in [5, 5.41) is 4.20. The summed E-state index contributed by atoms with van der Waals surface area (Å²) in [4.78, 5) is 34.2. The Balaban J connectivity index is 1.39. The van der Waals surface area contributed by atoms with Gasteiger partial charge in [-0.15, -0.1) is 11.3 Å². The fourth-order valence-electron chi connectivity index (χ4n) is 4.36. The number of piperidine rings is 1. The average Bonchev–Trinajstić information content (AvgIpc) is 3.44. The van der Waals surface area contributed by atoms with Crippen molar-refractivity contribution < 1.29 is 4.79 Å². The van der Waals surface area contributed by atoms with E-state index in [2.05, 4.69) is 10.3 Å². The number of amides is 1. The minimum atomic E-state index is 0.0973. The third kappa shape index (κ3) is 2.87. The predicted molar refractivity (Wildman–Crippen MR) is 101 cm³/mol. The van der Waals surface area contributed by atoms with E-state index in [0.29, 0.717) is 18.4 Å². The largest absolute Gasteiger partial charge is 0.342 e. The lowest BCUT2D eigenvalue weighted by atomic mass is 9.97. The van der Waals surface area contributed by atoms with Crippen molar-refractivity contribution in [3.05, 3.63) is 27.1 Å². The second kappa shape index (κ2) is 6.46. The third-order valence-electron chi connectivity index (χ3n) is 5.91. The van der Waals surface area contributed by atoms with Gasteiger partial charge in [0.2, 0.25) is 5.91 Å². The highest BCUT2D eigenvalue weighted by atomic mass is 32.1. The van der Waals surface area contributed by atoms with Gasteiger partial charge in [0.15, 0.2) is 0 Å². The van der Waals surface area contributed by atoms with E-state index >= 15 is 0 Å². The molecule has 2 fully saturated rings. The molecular formula is C19H24N4O2S. The molecule has 6 nitrogen and oxygen atoms in total. The first-order valence-corrected chi connectivity index (χ1v) is 10.5. The molecule has 2 aliphatic heterocycles. The van der Waals surface area contributed by atoms with Gasteiger partial charge in [-0.3, -0.25) is 14.2 Å². The number of hydrogen-bond acceptors (Lipinski definition) is 5. The second-order valence-electron chi connectivity index (χ2n) is 7.88. The topological polar surface area (TPSA) is 67.2 Å². The Morgan fingerprint density at radius 3 is 3.08 bits per heavy atom. The second-order valence-corrected chi connectivity index (χ2v) is 8.96. The van der Waals surface area contributed by atoms with Gasteiger partial charge in [-0.25, -0.2) is 4.98 Å². The molecule has 1 amide bonds. The first kappa shape index (κ1) is 16.4. The van der Waals surface area contributed by atoms with Gasteiger partial charge in [0, 0.05) is 37.0 Å². The van der Waals surface area contributed by atoms with Crippen molar-refractivity contribution in [1.82, 2.24) is 19.8 Å². The lowest BCUT2D eigenvalue weighted by molar-refractivity contribution is -0.134. The molecule has 0 bridgehead atoms. The molecule has 5 rings (SSSR count). The van der Waals surface area contributed by atoms with Crippen molar-refractivity contribution in [1.29, 1.82) is 0 Å². The van der Waals surface area contributed by atoms with Crippen molar-refractivity contribution >= 4 is 27.5 Å². The number of rotatable bonds is 3. The zero-order valence-corrected chi connectivity index (χ0v) is 15.7. The summed E-state index contributed by atoms with van der Waals surface area (Å²) in [7, 11) is 0. The summed E-state index contributed by atoms with van der Waals surface area (Å²) >= 11 is 1.64. The average molecular weight is 372 g/mol. The molecule has 3 aliphatic rings. The Bertz CT molecular complexity index is 914. The first-order chi connectivity index (χ1) is 12.7. The van der Waals surface area contributed by atoms with Crippen molar-refractivity contribution in [3.63, 3.8) is 0 Å². The summed E-state index contributed by atoms with van der Waals surface area (Å²) in [6, 6.07) is 0. The summed E-state index contributed by atoms with van der Waals surface area (Å²) in [6.45, 7) is 4.10. The van der Waals surface area contributed by atoms with Gasteiger partial charge in [0.1, 0.15) is 4.83 Å². The predicted octanol–water partition coefficient (Wildman–Crippen LogP) is 1.75. The molecular weight excluding hydrogens is 348 g/mol. The van der Waals surface area contributed by atoms with Crippen molar-refractivity contribution in [3.8, 4) is 0 Å². The molecule has 1 saturated heterocycles. The molecule has 0 unspecified atom stereocenters. The normalized spacial score (nSPS) is 23.2. The van der Waals surface area contributed by atoms with Gasteiger partial charge in [-0.1, -0.05) is 0 Å². The number of carbonyl (C=O) groups excluding carboxylic acids is 1. The lowest BCUT2D eigenvalue weighted by Gasteiger charge is -2.33. The Morgan fingerprint density at radius 1 is 1.35 bits per heavy atom. The molecule has 1 atom stereocenters. The van der Waals surface area contributed by atoms with E-state index in [0.717, 1.165) is 68.5 Å². The van der Waals surface area contributed by atoms with Gasteiger partial charge in [0.05, 0.1) is 11.7 Å². The maximum atomic E-state index is 13.1. The van der Waals surface area contributed by atoms with Crippen LogP contribution in [0.3, 0.4) is 0 Å². The van der Waals surface area contributed by atoms with Crippen LogP contribution in [0, 0.1) is 11.8 Å². The van der Waals surface area contributed by atoms with Crippen LogP contribution in [0.15, 0.2) is 11.1 Å². The fourth-order valence-corrected chi connectivity index (χ4v) is 5.51. The number of likely N-dealkylation sites (tertiary alicyclic amines) is 1. The van der Waals surface area contributed by atoms with E-state index < -0.39 is 0 Å². The zero-order valence-electron chi connectivity index (χ0n) is 14.9. The van der Waals surface area contributed by atoms with Gasteiger partial charge in [0.25, 0.3) is 5.56 Å². The van der Waals surface area contributed by atoms with Crippen LogP contribution in [-0.4, -0.2) is 40.0 Å². The van der Waals surface area contributed by atoms with Crippen LogP contribution in [0.25, 0.3) is 10.2 Å². The fraction of sp³-hybridized carbons (Fsp3) is 0.632. The van der Waals surface area contributed by atoms with Crippen molar-refractivity contribution in [2.45, 2.75) is 45.2 Å². The monoisotopic (exact) mass is 372 g/mol. The molecule has 0 spiro atoms. The number of carbonyl (C=O) groups is 1. The minimum absolute atomic E-state index is 0.0973. The lowest BCUT2D eigenvalue weighted by Crippen LogP contribution is -2.42. The van der Waals surface area contributed by atoms with E-state index in [1.807, 2.05) is 4.90 Å². The molecule has 0 aromatic carbocycles. The van der Waals surface area contributed by atoms with Crippen LogP contribution in [0.1, 0.15) is 36.1 Å². The van der Waals surface area contributed by atoms with E-state index in [4.69, 9.17) is 0 Å². The summed E-state index contributed by atoms with van der Waals surface area (Å²) in [6.07, 6.45) is 6.83. The zero-order chi connectivity index (χ0) is 17.7. The minimum Gasteiger partial charge on any atom is -0.342 e. The molecule has 0 radical (unpaired) electrons. The maximum absolute atomic E-state index is 13.1. The van der Waals surface area contributed by atoms with E-state index in [1.165, 1.54) is 10.4 Å². The Kier molecular flexibility index (Phi) is 4.09. The van der Waals surface area contributed by atoms with Gasteiger partial charge in [-0.05, 0) is 50.1 Å². The Morgan fingerprint density at radius 2 is 2.23 bits per heavy atom. The quantitative estimate of drug-likeness (QED) is 0.891. The molecule has 1 saturated carbocycles. The van der Waals surface area contributed by atoms with Gasteiger partial charge >= 0.3 is 0 Å². The molecule has 138 valence electrons. The number of hydrogen-bond donors (Lipinski definition) is 1. The van der Waals surface area contributed by atoms with Gasteiger partial charge < -0.3 is 10.2 Å². The molecule has 2 aromatic rings. The molecule has 2 aromatic heterocycles. The molecule has 1 aliphatic carbocycles. The Hall–Kier alpha value is -1.73. The smallest absolute Gasteiger partial charge is 0.262 e. The van der Waals surface area contributed by atoms with Crippen LogP contribution in [0.4, 0.5) is 0 Å². The van der Waals surface area contributed by atoms with Crippen LogP contribution < -0.4 is 10.9 Å². The highest BCUT2D eigenvalue weighted by molar-refractivity contribution is 7.18. The Labute approximate surface area is 156 Å². The van der Waals surface area contributed by atoms with Crippen LogP contribution >= 0.6 is 11.3 Å². The van der Waals surface area contributed by atoms with Gasteiger partial charge in [-0.2, -0.15) is 0 Å². The number of aromatic nitrogens is 2. The third-order valence-corrected chi connectivity index (χ3v) is 7.05. The van der Waals surface area contributed by atoms with Crippen molar-refractivity contribution in [2.24, 2.45) is 11.8 Å². The highest BCUT2D eigenvalue weighted by Gasteiger charge is 2.35. The van der Waals surface area contributed by atoms with E-state index in [1.54, 1.807) is 22.2 Å². The van der Waals surface area contributed by atoms with E-state index in [-0.39, 0.29) is 11.5 Å². The number of nitrogens with one attached hydrogen (secondary N) is 1. The number of fused-ring (bicyclic) bond motifs is 3. The van der Waals surface area contributed by atoms with Crippen LogP contribution in [0.5, 0.6) is 0 Å². The molecule has 26 heavy (non-hydrogen) atoms. The van der Waals surface area contributed by atoms with Crippen molar-refractivity contribution in [2.75, 3.05) is 19.6 Å². The highest BCUT2D eigenvalue weighted by Crippen LogP contribution is 2.33. The number of thiophene rings is 1. The summed E-state index contributed by atoms with van der Waals surface area (Å²) in [5.41, 5.74) is 1.30. The molecule has 1 N–H and O–H groups in total. The van der Waals surface area contributed by atoms with E-state index in [9.17, 15) is 9.59 Å².